The molecule has 0 aliphatic heterocycles. The smallest absolute Gasteiger partial charge is 0.224 e. The molecule has 0 aliphatic carbocycles. The van der Waals surface area contributed by atoms with Crippen LogP contribution in [-0.2, 0) is 9.53 Å². The van der Waals surface area contributed by atoms with Crippen molar-refractivity contribution >= 4 is 5.78 Å². The molecule has 0 aromatic heterocycles. The highest BCUT2D eigenvalue weighted by atomic mass is 16.5. The van der Waals surface area contributed by atoms with E-state index in [4.69, 9.17) is 16.2 Å². The second kappa shape index (κ2) is 9.66. The molecule has 0 saturated carbocycles. The molecule has 0 spiro atoms. The molecule has 0 amide bonds. The van der Waals surface area contributed by atoms with Gasteiger partial charge in [-0.25, -0.2) is 0 Å². The van der Waals surface area contributed by atoms with Gasteiger partial charge in [0.2, 0.25) is 5.78 Å². The molecule has 0 bridgehead atoms. The Morgan fingerprint density at radius 2 is 2.13 bits per heavy atom. The van der Waals surface area contributed by atoms with Gasteiger partial charge in [-0.3, -0.25) is 4.79 Å². The normalized spacial score (nSPS) is 11.7. The lowest BCUT2D eigenvalue weighted by Crippen LogP contribution is -2.34. The van der Waals surface area contributed by atoms with Crippen molar-refractivity contribution in [2.75, 3.05) is 19.8 Å². The van der Waals surface area contributed by atoms with Gasteiger partial charge in [0.15, 0.2) is 0 Å². The minimum atomic E-state index is -0.619. The van der Waals surface area contributed by atoms with E-state index in [0.717, 1.165) is 19.3 Å². The summed E-state index contributed by atoms with van der Waals surface area (Å²) in [6, 6.07) is -0.619. The van der Waals surface area contributed by atoms with E-state index in [9.17, 15) is 4.79 Å². The third kappa shape index (κ3) is 8.13. The van der Waals surface area contributed by atoms with E-state index in [1.165, 1.54) is 0 Å². The van der Waals surface area contributed by atoms with Gasteiger partial charge in [-0.2, -0.15) is 0 Å². The Labute approximate surface area is 91.3 Å². The number of carbonyl (C=O) groups is 1. The van der Waals surface area contributed by atoms with Gasteiger partial charge in [0.25, 0.3) is 0 Å². The minimum Gasteiger partial charge on any atom is -0.379 e. The topological polar surface area (TPSA) is 78.3 Å². The summed E-state index contributed by atoms with van der Waals surface area (Å²) in [6.07, 6.45) is 3.02. The van der Waals surface area contributed by atoms with Crippen LogP contribution in [0, 0.1) is 11.8 Å². The number of nitrogens with two attached hydrogens (primary N) is 2. The third-order valence-electron chi connectivity index (χ3n) is 1.88. The highest BCUT2D eigenvalue weighted by Crippen LogP contribution is 1.94. The van der Waals surface area contributed by atoms with Crippen LogP contribution < -0.4 is 11.5 Å². The predicted octanol–water partition coefficient (Wildman–Crippen LogP) is 0.0517. The second-order valence-corrected chi connectivity index (χ2v) is 3.27. The Balaban J connectivity index is 3.41. The van der Waals surface area contributed by atoms with Crippen molar-refractivity contribution in [3.63, 3.8) is 0 Å². The lowest BCUT2D eigenvalue weighted by Gasteiger charge is -2.07. The van der Waals surface area contributed by atoms with Crippen molar-refractivity contribution in [2.24, 2.45) is 11.5 Å². The molecule has 0 aliphatic rings. The fourth-order valence-electron chi connectivity index (χ4n) is 1.03. The highest BCUT2D eigenvalue weighted by Gasteiger charge is 2.10. The van der Waals surface area contributed by atoms with Crippen molar-refractivity contribution in [2.45, 2.75) is 32.2 Å². The standard InChI is InChI=1S/C11H20N2O2/c1-2-6-11(14)10(13)9-15-8-5-3-4-7-12/h10H,3-5,7-9,12-13H2,1H3. The van der Waals surface area contributed by atoms with Crippen molar-refractivity contribution in [3.05, 3.63) is 0 Å². The molecule has 0 radical (unpaired) electrons. The Kier molecular flexibility index (Phi) is 9.08. The van der Waals surface area contributed by atoms with Crippen LogP contribution in [0.25, 0.3) is 0 Å². The maximum absolute atomic E-state index is 11.1. The van der Waals surface area contributed by atoms with Crippen LogP contribution in [0.1, 0.15) is 26.2 Å². The summed E-state index contributed by atoms with van der Waals surface area (Å²) in [5, 5.41) is 0. The number of ketones is 1. The average Bonchev–Trinajstić information content (AvgIpc) is 2.23. The number of rotatable bonds is 8. The lowest BCUT2D eigenvalue weighted by atomic mass is 10.2. The first-order chi connectivity index (χ1) is 7.22. The molecule has 0 saturated heterocycles. The largest absolute Gasteiger partial charge is 0.379 e. The van der Waals surface area contributed by atoms with Gasteiger partial charge < -0.3 is 16.2 Å². The molecular weight excluding hydrogens is 192 g/mol. The molecule has 1 atom stereocenters. The molecular formula is C11H20N2O2. The average molecular weight is 212 g/mol. The molecule has 4 heteroatoms. The van der Waals surface area contributed by atoms with Gasteiger partial charge in [0.1, 0.15) is 0 Å². The van der Waals surface area contributed by atoms with E-state index < -0.39 is 6.04 Å². The van der Waals surface area contributed by atoms with Crippen molar-refractivity contribution in [1.82, 2.24) is 0 Å². The fourth-order valence-corrected chi connectivity index (χ4v) is 1.03. The van der Waals surface area contributed by atoms with E-state index in [0.29, 0.717) is 13.2 Å². The number of ether oxygens (including phenoxy) is 1. The van der Waals surface area contributed by atoms with Gasteiger partial charge >= 0.3 is 0 Å². The summed E-state index contributed by atoms with van der Waals surface area (Å²) in [5.41, 5.74) is 10.9. The van der Waals surface area contributed by atoms with E-state index >= 15 is 0 Å². The number of hydrogen-bond donors (Lipinski definition) is 2. The first kappa shape index (κ1) is 14.1. The zero-order valence-corrected chi connectivity index (χ0v) is 9.29. The van der Waals surface area contributed by atoms with Gasteiger partial charge in [0, 0.05) is 6.61 Å². The maximum Gasteiger partial charge on any atom is 0.224 e. The predicted molar refractivity (Wildman–Crippen MR) is 60.2 cm³/mol. The van der Waals surface area contributed by atoms with Crippen LogP contribution in [-0.4, -0.2) is 31.6 Å². The van der Waals surface area contributed by atoms with Crippen molar-refractivity contribution < 1.29 is 9.53 Å². The van der Waals surface area contributed by atoms with Crippen LogP contribution >= 0.6 is 0 Å². The van der Waals surface area contributed by atoms with Gasteiger partial charge in [-0.15, -0.1) is 0 Å². The van der Waals surface area contributed by atoms with Gasteiger partial charge in [0.05, 0.1) is 12.6 Å². The monoisotopic (exact) mass is 212 g/mol. The quantitative estimate of drug-likeness (QED) is 0.338. The summed E-state index contributed by atoms with van der Waals surface area (Å²) < 4.78 is 5.26. The molecule has 0 fully saturated rings. The Morgan fingerprint density at radius 3 is 2.73 bits per heavy atom. The van der Waals surface area contributed by atoms with E-state index in [1.807, 2.05) is 0 Å². The Morgan fingerprint density at radius 1 is 1.40 bits per heavy atom. The molecule has 1 unspecified atom stereocenters. The molecule has 4 nitrogen and oxygen atoms in total. The number of carbonyl (C=O) groups excluding carboxylic acids is 1. The molecule has 86 valence electrons. The number of unbranched alkanes of at least 4 members (excludes halogenated alkanes) is 2. The first-order valence-corrected chi connectivity index (χ1v) is 5.22. The molecule has 15 heavy (non-hydrogen) atoms. The first-order valence-electron chi connectivity index (χ1n) is 5.22. The van der Waals surface area contributed by atoms with Crippen LogP contribution in [0.2, 0.25) is 0 Å². The summed E-state index contributed by atoms with van der Waals surface area (Å²) in [5.74, 6) is 4.65. The number of hydrogen-bond acceptors (Lipinski definition) is 4. The maximum atomic E-state index is 11.1. The van der Waals surface area contributed by atoms with Gasteiger partial charge in [-0.05, 0) is 38.7 Å². The van der Waals surface area contributed by atoms with Crippen LogP contribution in [0.5, 0.6) is 0 Å². The second-order valence-electron chi connectivity index (χ2n) is 3.27. The summed E-state index contributed by atoms with van der Waals surface area (Å²) in [7, 11) is 0. The summed E-state index contributed by atoms with van der Waals surface area (Å²) >= 11 is 0. The van der Waals surface area contributed by atoms with Crippen molar-refractivity contribution in [1.29, 1.82) is 0 Å². The fraction of sp³-hybridized carbons (Fsp3) is 0.727. The van der Waals surface area contributed by atoms with E-state index in [2.05, 4.69) is 11.8 Å². The number of Topliss-reactive ketones (excluding diaryl/α,β-unsaturated/α-hetero) is 1. The minimum absolute atomic E-state index is 0.246. The summed E-state index contributed by atoms with van der Waals surface area (Å²) in [6.45, 7) is 3.19. The lowest BCUT2D eigenvalue weighted by molar-refractivity contribution is -0.116. The van der Waals surface area contributed by atoms with Crippen LogP contribution in [0.15, 0.2) is 0 Å². The molecule has 0 heterocycles. The molecule has 0 aromatic rings. The van der Waals surface area contributed by atoms with Crippen LogP contribution in [0.4, 0.5) is 0 Å². The molecule has 4 N–H and O–H groups in total. The molecule has 0 aromatic carbocycles. The third-order valence-corrected chi connectivity index (χ3v) is 1.88. The highest BCUT2D eigenvalue weighted by molar-refractivity contribution is 5.99. The van der Waals surface area contributed by atoms with Crippen molar-refractivity contribution in [3.8, 4) is 11.8 Å². The Hall–Kier alpha value is -0.890. The SMILES string of the molecule is CC#CC(=O)C(N)COCCCCCN. The van der Waals surface area contributed by atoms with E-state index in [1.54, 1.807) is 6.92 Å². The zero-order valence-electron chi connectivity index (χ0n) is 9.29. The molecule has 0 rings (SSSR count). The summed E-state index contributed by atoms with van der Waals surface area (Å²) in [4.78, 5) is 11.1. The van der Waals surface area contributed by atoms with Gasteiger partial charge in [-0.1, -0.05) is 5.92 Å². The Bertz CT molecular complexity index is 230. The zero-order chi connectivity index (χ0) is 11.5. The van der Waals surface area contributed by atoms with E-state index in [-0.39, 0.29) is 12.4 Å². The van der Waals surface area contributed by atoms with Crippen LogP contribution in [0.3, 0.4) is 0 Å².